The van der Waals surface area contributed by atoms with Crippen LogP contribution < -0.4 is 10.5 Å². The molecule has 0 aliphatic carbocycles. The summed E-state index contributed by atoms with van der Waals surface area (Å²) in [5.74, 6) is 0.857. The van der Waals surface area contributed by atoms with E-state index in [-0.39, 0.29) is 12.3 Å². The van der Waals surface area contributed by atoms with E-state index in [1.54, 1.807) is 24.4 Å². The van der Waals surface area contributed by atoms with Gasteiger partial charge < -0.3 is 19.8 Å². The number of nitrogens with zero attached hydrogens (tertiary/aromatic N) is 2. The molecule has 0 unspecified atom stereocenters. The molecule has 0 saturated heterocycles. The zero-order chi connectivity index (χ0) is 14.5. The van der Waals surface area contributed by atoms with Gasteiger partial charge in [-0.3, -0.25) is 0 Å². The van der Waals surface area contributed by atoms with Crippen molar-refractivity contribution < 1.29 is 14.3 Å². The molecule has 0 saturated carbocycles. The third-order valence-electron chi connectivity index (χ3n) is 2.99. The number of hydrogen-bond donors (Lipinski definition) is 1. The van der Waals surface area contributed by atoms with Crippen LogP contribution in [0.25, 0.3) is 0 Å². The summed E-state index contributed by atoms with van der Waals surface area (Å²) in [7, 11) is 3.39. The van der Waals surface area contributed by atoms with Crippen molar-refractivity contribution in [2.45, 2.75) is 6.42 Å². The van der Waals surface area contributed by atoms with E-state index in [0.717, 1.165) is 5.82 Å². The molecule has 0 fully saturated rings. The number of hydrogen-bond acceptors (Lipinski definition) is 5. The maximum Gasteiger partial charge on any atom is 0.340 e. The summed E-state index contributed by atoms with van der Waals surface area (Å²) in [5, 5.41) is 0. The second-order valence-corrected chi connectivity index (χ2v) is 4.26. The molecule has 6 heteroatoms. The summed E-state index contributed by atoms with van der Waals surface area (Å²) < 4.78 is 12.2. The number of rotatable bonds is 5. The average Bonchev–Trinajstić information content (AvgIpc) is 2.84. The maximum atomic E-state index is 12.0. The molecular formula is C14H17N3O3. The molecule has 1 heterocycles. The van der Waals surface area contributed by atoms with Crippen LogP contribution in [0.1, 0.15) is 16.2 Å². The van der Waals surface area contributed by atoms with Crippen LogP contribution in [0.4, 0.5) is 5.69 Å². The van der Waals surface area contributed by atoms with Gasteiger partial charge in [0.2, 0.25) is 0 Å². The van der Waals surface area contributed by atoms with Gasteiger partial charge in [-0.25, -0.2) is 9.78 Å². The van der Waals surface area contributed by atoms with Crippen molar-refractivity contribution >= 4 is 11.7 Å². The van der Waals surface area contributed by atoms with Crippen LogP contribution >= 0.6 is 0 Å². The number of para-hydroxylation sites is 1. The lowest BCUT2D eigenvalue weighted by Crippen LogP contribution is -2.12. The van der Waals surface area contributed by atoms with Gasteiger partial charge in [-0.1, -0.05) is 6.07 Å². The van der Waals surface area contributed by atoms with Crippen LogP contribution in [-0.4, -0.2) is 29.2 Å². The number of carbonyl (C=O) groups is 1. The van der Waals surface area contributed by atoms with E-state index >= 15 is 0 Å². The summed E-state index contributed by atoms with van der Waals surface area (Å²) in [6.07, 6.45) is 4.10. The van der Waals surface area contributed by atoms with Crippen LogP contribution in [0.2, 0.25) is 0 Å². The molecule has 2 aromatic rings. The van der Waals surface area contributed by atoms with E-state index in [2.05, 4.69) is 4.98 Å². The molecule has 2 rings (SSSR count). The average molecular weight is 275 g/mol. The SMILES string of the molecule is COc1cccc(C(=O)OCCc2nccn2C)c1N. The topological polar surface area (TPSA) is 79.4 Å². The van der Waals surface area contributed by atoms with Gasteiger partial charge in [-0.2, -0.15) is 0 Å². The molecular weight excluding hydrogens is 258 g/mol. The molecule has 0 aliphatic heterocycles. The lowest BCUT2D eigenvalue weighted by atomic mass is 10.1. The minimum Gasteiger partial charge on any atom is -0.495 e. The minimum absolute atomic E-state index is 0.250. The van der Waals surface area contributed by atoms with Crippen molar-refractivity contribution in [3.05, 3.63) is 42.0 Å². The maximum absolute atomic E-state index is 12.0. The van der Waals surface area contributed by atoms with Gasteiger partial charge in [0.25, 0.3) is 0 Å². The summed E-state index contributed by atoms with van der Waals surface area (Å²) in [4.78, 5) is 16.1. The Morgan fingerprint density at radius 1 is 1.45 bits per heavy atom. The predicted octanol–water partition coefficient (Wildman–Crippen LogP) is 1.41. The smallest absolute Gasteiger partial charge is 0.340 e. The summed E-state index contributed by atoms with van der Waals surface area (Å²) in [6, 6.07) is 5.01. The largest absolute Gasteiger partial charge is 0.495 e. The van der Waals surface area contributed by atoms with E-state index in [0.29, 0.717) is 17.7 Å². The quantitative estimate of drug-likeness (QED) is 0.659. The zero-order valence-electron chi connectivity index (χ0n) is 11.5. The van der Waals surface area contributed by atoms with Crippen LogP contribution in [0.5, 0.6) is 5.75 Å². The molecule has 2 N–H and O–H groups in total. The van der Waals surface area contributed by atoms with E-state index in [1.165, 1.54) is 7.11 Å². The number of anilines is 1. The van der Waals surface area contributed by atoms with Crippen molar-refractivity contribution in [1.29, 1.82) is 0 Å². The second kappa shape index (κ2) is 6.10. The molecule has 106 valence electrons. The molecule has 1 aromatic heterocycles. The van der Waals surface area contributed by atoms with E-state index in [9.17, 15) is 4.79 Å². The molecule has 0 aliphatic rings. The van der Waals surface area contributed by atoms with Crippen molar-refractivity contribution in [3.63, 3.8) is 0 Å². The standard InChI is InChI=1S/C14H17N3O3/c1-17-8-7-16-12(17)6-9-20-14(18)10-4-3-5-11(19-2)13(10)15/h3-5,7-8H,6,9,15H2,1-2H3. The van der Waals surface area contributed by atoms with Gasteiger partial charge >= 0.3 is 5.97 Å². The number of imidazole rings is 1. The molecule has 0 bridgehead atoms. The Bertz CT molecular complexity index is 607. The van der Waals surface area contributed by atoms with Gasteiger partial charge in [0.1, 0.15) is 11.6 Å². The van der Waals surface area contributed by atoms with Crippen molar-refractivity contribution in [2.75, 3.05) is 19.5 Å². The highest BCUT2D eigenvalue weighted by Gasteiger charge is 2.14. The zero-order valence-corrected chi connectivity index (χ0v) is 11.5. The van der Waals surface area contributed by atoms with Gasteiger partial charge in [0.15, 0.2) is 0 Å². The highest BCUT2D eigenvalue weighted by Crippen LogP contribution is 2.25. The highest BCUT2D eigenvalue weighted by atomic mass is 16.5. The number of aromatic nitrogens is 2. The number of nitrogen functional groups attached to an aromatic ring is 1. The number of methoxy groups -OCH3 is 1. The first kappa shape index (κ1) is 13.9. The molecule has 1 aromatic carbocycles. The summed E-state index contributed by atoms with van der Waals surface area (Å²) in [5.41, 5.74) is 6.44. The summed E-state index contributed by atoms with van der Waals surface area (Å²) >= 11 is 0. The number of carbonyl (C=O) groups excluding carboxylic acids is 1. The van der Waals surface area contributed by atoms with Gasteiger partial charge in [-0.15, -0.1) is 0 Å². The highest BCUT2D eigenvalue weighted by molar-refractivity contribution is 5.96. The van der Waals surface area contributed by atoms with Crippen molar-refractivity contribution in [2.24, 2.45) is 7.05 Å². The molecule has 0 spiro atoms. The van der Waals surface area contributed by atoms with Crippen LogP contribution in [-0.2, 0) is 18.2 Å². The lowest BCUT2D eigenvalue weighted by Gasteiger charge is -2.09. The fraction of sp³-hybridized carbons (Fsp3) is 0.286. The molecule has 20 heavy (non-hydrogen) atoms. The molecule has 6 nitrogen and oxygen atoms in total. The Morgan fingerprint density at radius 2 is 2.25 bits per heavy atom. The lowest BCUT2D eigenvalue weighted by molar-refractivity contribution is 0.0508. The molecule has 0 amide bonds. The van der Waals surface area contributed by atoms with E-state index in [4.69, 9.17) is 15.2 Å². The van der Waals surface area contributed by atoms with Gasteiger partial charge in [0.05, 0.1) is 25.0 Å². The second-order valence-electron chi connectivity index (χ2n) is 4.26. The van der Waals surface area contributed by atoms with Crippen LogP contribution in [0, 0.1) is 0 Å². The Kier molecular flexibility index (Phi) is 4.24. The minimum atomic E-state index is -0.462. The number of aryl methyl sites for hydroxylation is 1. The first-order valence-corrected chi connectivity index (χ1v) is 6.19. The molecule has 0 atom stereocenters. The predicted molar refractivity (Wildman–Crippen MR) is 74.6 cm³/mol. The fourth-order valence-electron chi connectivity index (χ4n) is 1.85. The van der Waals surface area contributed by atoms with E-state index in [1.807, 2.05) is 17.8 Å². The normalized spacial score (nSPS) is 10.3. The summed E-state index contributed by atoms with van der Waals surface area (Å²) in [6.45, 7) is 0.250. The Balaban J connectivity index is 1.97. The first-order chi connectivity index (χ1) is 9.63. The van der Waals surface area contributed by atoms with E-state index < -0.39 is 5.97 Å². The number of benzene rings is 1. The Morgan fingerprint density at radius 3 is 2.90 bits per heavy atom. The molecule has 0 radical (unpaired) electrons. The number of ether oxygens (including phenoxy) is 2. The number of esters is 1. The third kappa shape index (κ3) is 2.90. The fourth-order valence-corrected chi connectivity index (χ4v) is 1.85. The van der Waals surface area contributed by atoms with Crippen LogP contribution in [0.3, 0.4) is 0 Å². The monoisotopic (exact) mass is 275 g/mol. The van der Waals surface area contributed by atoms with Crippen molar-refractivity contribution in [3.8, 4) is 5.75 Å². The van der Waals surface area contributed by atoms with Gasteiger partial charge in [-0.05, 0) is 12.1 Å². The number of nitrogens with two attached hydrogens (primary N) is 1. The third-order valence-corrected chi connectivity index (χ3v) is 2.99. The van der Waals surface area contributed by atoms with Gasteiger partial charge in [0, 0.05) is 25.9 Å². The van der Waals surface area contributed by atoms with Crippen molar-refractivity contribution in [1.82, 2.24) is 9.55 Å². The Labute approximate surface area is 117 Å². The first-order valence-electron chi connectivity index (χ1n) is 6.19. The Hall–Kier alpha value is -2.50. The van der Waals surface area contributed by atoms with Crippen LogP contribution in [0.15, 0.2) is 30.6 Å².